The number of rotatable bonds is 4. The number of halogens is 1. The first-order valence-electron chi connectivity index (χ1n) is 5.85. The number of hydrogen-bond acceptors (Lipinski definition) is 3. The van der Waals surface area contributed by atoms with E-state index in [1.54, 1.807) is 6.21 Å². The van der Waals surface area contributed by atoms with Crippen LogP contribution < -0.4 is 16.5 Å². The Labute approximate surface area is 127 Å². The van der Waals surface area contributed by atoms with E-state index in [2.05, 4.69) is 28.1 Å². The van der Waals surface area contributed by atoms with Gasteiger partial charge in [0.15, 0.2) is 5.11 Å². The van der Waals surface area contributed by atoms with Gasteiger partial charge in [0, 0.05) is 22.0 Å². The van der Waals surface area contributed by atoms with E-state index in [1.165, 1.54) is 0 Å². The van der Waals surface area contributed by atoms with Crippen LogP contribution in [0.5, 0.6) is 0 Å². The molecule has 4 N–H and O–H groups in total. The van der Waals surface area contributed by atoms with Crippen LogP contribution in [0.25, 0.3) is 0 Å². The van der Waals surface area contributed by atoms with Gasteiger partial charge in [-0.25, -0.2) is 0 Å². The van der Waals surface area contributed by atoms with Gasteiger partial charge < -0.3 is 11.1 Å². The number of nitrogens with zero attached hydrogens (tertiary/aromatic N) is 1. The van der Waals surface area contributed by atoms with Gasteiger partial charge in [-0.05, 0) is 42.5 Å². The number of para-hydroxylation sites is 1. The molecule has 4 nitrogen and oxygen atoms in total. The van der Waals surface area contributed by atoms with E-state index in [0.29, 0.717) is 5.02 Å². The molecule has 0 bridgehead atoms. The van der Waals surface area contributed by atoms with Crippen molar-refractivity contribution in [2.24, 2.45) is 10.8 Å². The van der Waals surface area contributed by atoms with Crippen LogP contribution in [0.3, 0.4) is 0 Å². The summed E-state index contributed by atoms with van der Waals surface area (Å²) in [6.45, 7) is 0. The zero-order valence-corrected chi connectivity index (χ0v) is 12.1. The molecule has 0 unspecified atom stereocenters. The van der Waals surface area contributed by atoms with Gasteiger partial charge >= 0.3 is 0 Å². The molecule has 0 aliphatic rings. The minimum absolute atomic E-state index is 0.129. The largest absolute Gasteiger partial charge is 0.375 e. The number of thiocarbonyl (C=S) groups is 1. The van der Waals surface area contributed by atoms with Gasteiger partial charge in [0.05, 0.1) is 6.21 Å². The summed E-state index contributed by atoms with van der Waals surface area (Å²) in [7, 11) is 0. The number of hydrazone groups is 1. The topological polar surface area (TPSA) is 62.4 Å². The Morgan fingerprint density at radius 2 is 1.85 bits per heavy atom. The van der Waals surface area contributed by atoms with E-state index in [-0.39, 0.29) is 5.11 Å². The highest BCUT2D eigenvalue weighted by Gasteiger charge is 2.00. The van der Waals surface area contributed by atoms with Crippen molar-refractivity contribution in [2.45, 2.75) is 0 Å². The maximum Gasteiger partial charge on any atom is 0.184 e. The summed E-state index contributed by atoms with van der Waals surface area (Å²) in [6, 6.07) is 15.2. The van der Waals surface area contributed by atoms with Gasteiger partial charge in [-0.1, -0.05) is 29.8 Å². The van der Waals surface area contributed by atoms with Gasteiger partial charge in [0.2, 0.25) is 0 Å². The molecule has 0 saturated carbocycles. The molecule has 0 aromatic heterocycles. The lowest BCUT2D eigenvalue weighted by molar-refractivity contribution is 1.04. The van der Waals surface area contributed by atoms with Crippen molar-refractivity contribution >= 4 is 46.5 Å². The monoisotopic (exact) mass is 304 g/mol. The first-order chi connectivity index (χ1) is 9.65. The number of hydrogen-bond donors (Lipinski definition) is 3. The first-order valence-corrected chi connectivity index (χ1v) is 6.64. The Hall–Kier alpha value is -2.11. The number of benzene rings is 2. The number of anilines is 2. The Morgan fingerprint density at radius 1 is 1.15 bits per heavy atom. The van der Waals surface area contributed by atoms with Crippen molar-refractivity contribution in [3.8, 4) is 0 Å². The lowest BCUT2D eigenvalue weighted by Crippen LogP contribution is -2.24. The molecule has 0 aliphatic carbocycles. The maximum absolute atomic E-state index is 5.86. The molecule has 2 aromatic rings. The van der Waals surface area contributed by atoms with E-state index in [9.17, 15) is 0 Å². The lowest BCUT2D eigenvalue weighted by Gasteiger charge is -2.09. The lowest BCUT2D eigenvalue weighted by atomic mass is 10.2. The van der Waals surface area contributed by atoms with E-state index in [1.807, 2.05) is 48.5 Å². The standard InChI is InChI=1S/C14H13ClN4S/c15-11-5-7-12(8-6-11)18-13-4-2-1-3-10(13)9-17-19-14(16)20/h1-9,18H,(H3,16,19,20). The van der Waals surface area contributed by atoms with E-state index < -0.39 is 0 Å². The molecule has 2 rings (SSSR count). The first kappa shape index (κ1) is 14.3. The van der Waals surface area contributed by atoms with Crippen LogP contribution in [0.2, 0.25) is 5.02 Å². The molecule has 0 amide bonds. The van der Waals surface area contributed by atoms with Crippen LogP contribution in [0.15, 0.2) is 53.6 Å². The fourth-order valence-electron chi connectivity index (χ4n) is 1.58. The quantitative estimate of drug-likeness (QED) is 0.461. The predicted molar refractivity (Wildman–Crippen MR) is 88.7 cm³/mol. The van der Waals surface area contributed by atoms with Gasteiger partial charge in [-0.15, -0.1) is 0 Å². The molecular formula is C14H13ClN4S. The van der Waals surface area contributed by atoms with Crippen LogP contribution in [0.1, 0.15) is 5.56 Å². The smallest absolute Gasteiger partial charge is 0.184 e. The van der Waals surface area contributed by atoms with Gasteiger partial charge in [0.1, 0.15) is 0 Å². The molecule has 0 saturated heterocycles. The Balaban J connectivity index is 2.17. The minimum atomic E-state index is 0.129. The van der Waals surface area contributed by atoms with Crippen molar-refractivity contribution in [2.75, 3.05) is 5.32 Å². The summed E-state index contributed by atoms with van der Waals surface area (Å²) in [5.74, 6) is 0. The second-order valence-electron chi connectivity index (χ2n) is 3.95. The molecule has 0 radical (unpaired) electrons. The molecule has 20 heavy (non-hydrogen) atoms. The van der Waals surface area contributed by atoms with Crippen molar-refractivity contribution in [3.63, 3.8) is 0 Å². The zero-order chi connectivity index (χ0) is 14.4. The molecule has 102 valence electrons. The van der Waals surface area contributed by atoms with Crippen molar-refractivity contribution < 1.29 is 0 Å². The molecule has 6 heteroatoms. The Kier molecular flexibility index (Phi) is 4.92. The average Bonchev–Trinajstić information content (AvgIpc) is 2.43. The van der Waals surface area contributed by atoms with Gasteiger partial charge in [-0.2, -0.15) is 5.10 Å². The summed E-state index contributed by atoms with van der Waals surface area (Å²) in [5, 5.41) is 8.08. The molecule has 0 atom stereocenters. The minimum Gasteiger partial charge on any atom is -0.375 e. The van der Waals surface area contributed by atoms with Crippen LogP contribution in [-0.4, -0.2) is 11.3 Å². The normalized spacial score (nSPS) is 10.4. The highest BCUT2D eigenvalue weighted by molar-refractivity contribution is 7.80. The van der Waals surface area contributed by atoms with Crippen LogP contribution in [-0.2, 0) is 0 Å². The van der Waals surface area contributed by atoms with Gasteiger partial charge in [-0.3, -0.25) is 5.43 Å². The molecule has 0 spiro atoms. The molecular weight excluding hydrogens is 292 g/mol. The van der Waals surface area contributed by atoms with Gasteiger partial charge in [0.25, 0.3) is 0 Å². The highest BCUT2D eigenvalue weighted by Crippen LogP contribution is 2.21. The van der Waals surface area contributed by atoms with E-state index >= 15 is 0 Å². The summed E-state index contributed by atoms with van der Waals surface area (Å²) >= 11 is 10.5. The third-order valence-corrected chi connectivity index (χ3v) is 2.81. The number of nitrogens with one attached hydrogen (secondary N) is 2. The van der Waals surface area contributed by atoms with Crippen molar-refractivity contribution in [1.82, 2.24) is 5.43 Å². The SMILES string of the molecule is NC(=S)NN=Cc1ccccc1Nc1ccc(Cl)cc1. The fourth-order valence-corrected chi connectivity index (χ4v) is 1.76. The van der Waals surface area contributed by atoms with E-state index in [4.69, 9.17) is 17.3 Å². The van der Waals surface area contributed by atoms with Crippen LogP contribution in [0.4, 0.5) is 11.4 Å². The second kappa shape index (κ2) is 6.88. The van der Waals surface area contributed by atoms with E-state index in [0.717, 1.165) is 16.9 Å². The average molecular weight is 305 g/mol. The molecule has 0 fully saturated rings. The Bertz CT molecular complexity index is 625. The molecule has 2 aromatic carbocycles. The van der Waals surface area contributed by atoms with Crippen LogP contribution >= 0.6 is 23.8 Å². The third-order valence-electron chi connectivity index (χ3n) is 2.46. The molecule has 0 aliphatic heterocycles. The predicted octanol–water partition coefficient (Wildman–Crippen LogP) is 3.25. The molecule has 0 heterocycles. The summed E-state index contributed by atoms with van der Waals surface area (Å²) in [5.41, 5.74) is 10.6. The van der Waals surface area contributed by atoms with Crippen LogP contribution in [0, 0.1) is 0 Å². The third kappa shape index (κ3) is 4.22. The van der Waals surface area contributed by atoms with Crippen molar-refractivity contribution in [1.29, 1.82) is 0 Å². The zero-order valence-electron chi connectivity index (χ0n) is 10.5. The number of nitrogens with two attached hydrogens (primary N) is 1. The summed E-state index contributed by atoms with van der Waals surface area (Å²) in [6.07, 6.45) is 1.65. The Morgan fingerprint density at radius 3 is 2.55 bits per heavy atom. The van der Waals surface area contributed by atoms with Crippen molar-refractivity contribution in [3.05, 3.63) is 59.1 Å². The fraction of sp³-hybridized carbons (Fsp3) is 0. The summed E-state index contributed by atoms with van der Waals surface area (Å²) < 4.78 is 0. The second-order valence-corrected chi connectivity index (χ2v) is 4.83. The maximum atomic E-state index is 5.86. The summed E-state index contributed by atoms with van der Waals surface area (Å²) in [4.78, 5) is 0. The highest BCUT2D eigenvalue weighted by atomic mass is 35.5.